The molecule has 1 aromatic heterocycles. The molecule has 0 aliphatic heterocycles. The van der Waals surface area contributed by atoms with E-state index in [4.69, 9.17) is 12.2 Å². The smallest absolute Gasteiger partial charge is 0.171 e. The summed E-state index contributed by atoms with van der Waals surface area (Å²) >= 11 is 5.45. The molecule has 0 amide bonds. The summed E-state index contributed by atoms with van der Waals surface area (Å²) in [7, 11) is 0. The lowest BCUT2D eigenvalue weighted by Crippen LogP contribution is -2.28. The molecule has 0 spiro atoms. The molecule has 0 fully saturated rings. The number of aromatic nitrogens is 2. The first-order chi connectivity index (χ1) is 12.6. The number of thiocarbonyl (C=S) groups is 1. The fourth-order valence-corrected chi connectivity index (χ4v) is 3.15. The third kappa shape index (κ3) is 4.11. The topological polar surface area (TPSA) is 41.9 Å². The Bertz CT molecular complexity index is 900. The van der Waals surface area contributed by atoms with Gasteiger partial charge in [-0.3, -0.25) is 0 Å². The lowest BCUT2D eigenvalue weighted by atomic mass is 10.1. The molecule has 0 atom stereocenters. The van der Waals surface area contributed by atoms with Crippen LogP contribution < -0.4 is 10.6 Å². The highest BCUT2D eigenvalue weighted by Gasteiger charge is 2.13. The summed E-state index contributed by atoms with van der Waals surface area (Å²) < 4.78 is 1.98. The van der Waals surface area contributed by atoms with Crippen LogP contribution in [0, 0.1) is 13.8 Å². The number of para-hydroxylation sites is 1. The Kier molecular flexibility index (Phi) is 5.68. The van der Waals surface area contributed by atoms with Crippen LogP contribution in [-0.4, -0.2) is 14.9 Å². The number of anilines is 1. The van der Waals surface area contributed by atoms with E-state index in [9.17, 15) is 0 Å². The number of nitrogens with one attached hydrogen (secondary N) is 2. The van der Waals surface area contributed by atoms with Crippen molar-refractivity contribution < 1.29 is 0 Å². The third-order valence-electron chi connectivity index (χ3n) is 4.46. The molecule has 4 nitrogen and oxygen atoms in total. The minimum Gasteiger partial charge on any atom is -0.358 e. The highest BCUT2D eigenvalue weighted by molar-refractivity contribution is 7.80. The van der Waals surface area contributed by atoms with Crippen LogP contribution in [0.15, 0.2) is 54.6 Å². The van der Waals surface area contributed by atoms with Gasteiger partial charge in [0.05, 0.1) is 11.4 Å². The van der Waals surface area contributed by atoms with Gasteiger partial charge in [0.1, 0.15) is 0 Å². The van der Waals surface area contributed by atoms with Gasteiger partial charge in [0, 0.05) is 23.5 Å². The average Bonchev–Trinajstić information content (AvgIpc) is 2.95. The Labute approximate surface area is 160 Å². The molecule has 2 aromatic carbocycles. The summed E-state index contributed by atoms with van der Waals surface area (Å²) in [5.74, 6) is 0. The fourth-order valence-electron chi connectivity index (χ4n) is 2.96. The molecule has 3 rings (SSSR count). The predicted molar refractivity (Wildman–Crippen MR) is 112 cm³/mol. The van der Waals surface area contributed by atoms with Crippen molar-refractivity contribution in [3.8, 4) is 5.69 Å². The van der Waals surface area contributed by atoms with Gasteiger partial charge >= 0.3 is 0 Å². The number of aryl methyl sites for hydroxylation is 2. The second-order valence-corrected chi connectivity index (χ2v) is 6.67. The van der Waals surface area contributed by atoms with Crippen LogP contribution in [0.3, 0.4) is 0 Å². The van der Waals surface area contributed by atoms with Crippen molar-refractivity contribution >= 4 is 23.0 Å². The van der Waals surface area contributed by atoms with E-state index in [1.54, 1.807) is 0 Å². The van der Waals surface area contributed by atoms with E-state index in [1.165, 1.54) is 11.1 Å². The lowest BCUT2D eigenvalue weighted by Gasteiger charge is -2.12. The first-order valence-corrected chi connectivity index (χ1v) is 9.23. The van der Waals surface area contributed by atoms with E-state index in [-0.39, 0.29) is 0 Å². The zero-order chi connectivity index (χ0) is 18.5. The average molecular weight is 365 g/mol. The first kappa shape index (κ1) is 18.1. The van der Waals surface area contributed by atoms with E-state index in [0.717, 1.165) is 29.2 Å². The molecule has 26 heavy (non-hydrogen) atoms. The summed E-state index contributed by atoms with van der Waals surface area (Å²) in [6.07, 6.45) is 1.01. The molecule has 5 heteroatoms. The summed E-state index contributed by atoms with van der Waals surface area (Å²) in [6, 6.07) is 18.5. The van der Waals surface area contributed by atoms with E-state index >= 15 is 0 Å². The number of hydrogen-bond donors (Lipinski definition) is 2. The van der Waals surface area contributed by atoms with Crippen molar-refractivity contribution in [3.05, 3.63) is 77.1 Å². The van der Waals surface area contributed by atoms with Gasteiger partial charge in [-0.15, -0.1) is 0 Å². The Morgan fingerprint density at radius 3 is 2.58 bits per heavy atom. The van der Waals surface area contributed by atoms with Gasteiger partial charge in [-0.25, -0.2) is 4.68 Å². The number of benzene rings is 2. The predicted octanol–water partition coefficient (Wildman–Crippen LogP) is 4.54. The number of nitrogens with zero attached hydrogens (tertiary/aromatic N) is 2. The molecular weight excluding hydrogens is 340 g/mol. The fraction of sp³-hybridized carbons (Fsp3) is 0.238. The second-order valence-electron chi connectivity index (χ2n) is 6.26. The Hall–Kier alpha value is -2.66. The molecule has 2 N–H and O–H groups in total. The van der Waals surface area contributed by atoms with Crippen molar-refractivity contribution in [1.29, 1.82) is 0 Å². The van der Waals surface area contributed by atoms with Gasteiger partial charge in [-0.2, -0.15) is 5.10 Å². The van der Waals surface area contributed by atoms with Gasteiger partial charge in [0.15, 0.2) is 5.11 Å². The molecule has 0 unspecified atom stereocenters. The second kappa shape index (κ2) is 8.15. The van der Waals surface area contributed by atoms with Gasteiger partial charge in [0.25, 0.3) is 0 Å². The van der Waals surface area contributed by atoms with E-state index in [1.807, 2.05) is 41.9 Å². The zero-order valence-corrected chi connectivity index (χ0v) is 16.2. The largest absolute Gasteiger partial charge is 0.358 e. The summed E-state index contributed by atoms with van der Waals surface area (Å²) in [4.78, 5) is 0. The molecule has 1 heterocycles. The minimum absolute atomic E-state index is 0.615. The van der Waals surface area contributed by atoms with Gasteiger partial charge in [-0.05, 0) is 62.3 Å². The quantitative estimate of drug-likeness (QED) is 0.652. The normalized spacial score (nSPS) is 10.6. The maximum Gasteiger partial charge on any atom is 0.171 e. The maximum absolute atomic E-state index is 5.45. The van der Waals surface area contributed by atoms with E-state index < -0.39 is 0 Å². The van der Waals surface area contributed by atoms with Crippen LogP contribution in [0.1, 0.15) is 29.4 Å². The molecule has 0 aliphatic carbocycles. The number of hydrogen-bond acceptors (Lipinski definition) is 2. The molecule has 3 aromatic rings. The monoisotopic (exact) mass is 364 g/mol. The van der Waals surface area contributed by atoms with Crippen LogP contribution in [0.4, 0.5) is 5.69 Å². The van der Waals surface area contributed by atoms with E-state index in [2.05, 4.69) is 53.8 Å². The van der Waals surface area contributed by atoms with Gasteiger partial charge < -0.3 is 10.6 Å². The summed E-state index contributed by atoms with van der Waals surface area (Å²) in [5.41, 5.74) is 6.66. The molecule has 0 radical (unpaired) electrons. The Morgan fingerprint density at radius 1 is 1.08 bits per heavy atom. The van der Waals surface area contributed by atoms with Crippen molar-refractivity contribution in [2.24, 2.45) is 0 Å². The molecule has 134 valence electrons. The van der Waals surface area contributed by atoms with Crippen LogP contribution >= 0.6 is 12.2 Å². The SMILES string of the molecule is CCc1cccc(NC(=S)NCc2c(C)nn(-c3ccccc3)c2C)c1. The summed E-state index contributed by atoms with van der Waals surface area (Å²) in [6.45, 7) is 6.91. The van der Waals surface area contributed by atoms with E-state index in [0.29, 0.717) is 11.7 Å². The van der Waals surface area contributed by atoms with Crippen LogP contribution in [0.2, 0.25) is 0 Å². The van der Waals surface area contributed by atoms with Crippen molar-refractivity contribution in [2.75, 3.05) is 5.32 Å². The molecule has 0 bridgehead atoms. The standard InChI is InChI=1S/C21H24N4S/c1-4-17-9-8-10-18(13-17)23-21(26)22-14-20-15(2)24-25(16(20)3)19-11-6-5-7-12-19/h5-13H,4,14H2,1-3H3,(H2,22,23,26). The van der Waals surface area contributed by atoms with Crippen molar-refractivity contribution in [2.45, 2.75) is 33.7 Å². The Balaban J connectivity index is 1.68. The highest BCUT2D eigenvalue weighted by atomic mass is 32.1. The lowest BCUT2D eigenvalue weighted by molar-refractivity contribution is 0.830. The Morgan fingerprint density at radius 2 is 1.85 bits per heavy atom. The summed E-state index contributed by atoms with van der Waals surface area (Å²) in [5, 5.41) is 11.8. The minimum atomic E-state index is 0.615. The van der Waals surface area contributed by atoms with Crippen molar-refractivity contribution in [1.82, 2.24) is 15.1 Å². The zero-order valence-electron chi connectivity index (χ0n) is 15.4. The van der Waals surface area contributed by atoms with Gasteiger partial charge in [0.2, 0.25) is 0 Å². The van der Waals surface area contributed by atoms with Crippen LogP contribution in [0.5, 0.6) is 0 Å². The van der Waals surface area contributed by atoms with Crippen LogP contribution in [0.25, 0.3) is 5.69 Å². The number of rotatable bonds is 5. The third-order valence-corrected chi connectivity index (χ3v) is 4.71. The molecule has 0 saturated heterocycles. The molecule has 0 saturated carbocycles. The molecule has 0 aliphatic rings. The van der Waals surface area contributed by atoms with Crippen molar-refractivity contribution in [3.63, 3.8) is 0 Å². The van der Waals surface area contributed by atoms with Gasteiger partial charge in [-0.1, -0.05) is 37.3 Å². The van der Waals surface area contributed by atoms with Crippen LogP contribution in [-0.2, 0) is 13.0 Å². The maximum atomic E-state index is 5.45. The molecular formula is C21H24N4S. The highest BCUT2D eigenvalue weighted by Crippen LogP contribution is 2.18. The first-order valence-electron chi connectivity index (χ1n) is 8.82.